The van der Waals surface area contributed by atoms with Gasteiger partial charge in [0.25, 0.3) is 0 Å². The molecule has 2 aromatic heterocycles. The molecule has 110 valence electrons. The Kier molecular flexibility index (Phi) is 4.66. The van der Waals surface area contributed by atoms with Crippen LogP contribution < -0.4 is 11.1 Å². The average molecular weight is 331 g/mol. The first-order chi connectivity index (χ1) is 9.43. The van der Waals surface area contributed by atoms with Gasteiger partial charge in [-0.1, -0.05) is 19.4 Å². The smallest absolute Gasteiger partial charge is 0.182 e. The monoisotopic (exact) mass is 331 g/mol. The number of thiophene rings is 1. The Bertz CT molecular complexity index is 662. The highest BCUT2D eigenvalue weighted by Crippen LogP contribution is 2.36. The number of rotatable bonds is 6. The van der Waals surface area contributed by atoms with Gasteiger partial charge in [0.1, 0.15) is 9.90 Å². The van der Waals surface area contributed by atoms with Gasteiger partial charge in [-0.05, 0) is 29.4 Å². The van der Waals surface area contributed by atoms with Gasteiger partial charge in [0.05, 0.1) is 6.04 Å². The minimum Gasteiger partial charge on any atom is -0.382 e. The Balaban J connectivity index is 2.33. The summed E-state index contributed by atoms with van der Waals surface area (Å²) in [6.07, 6.45) is 3.07. The van der Waals surface area contributed by atoms with E-state index in [-0.39, 0.29) is 16.8 Å². The van der Waals surface area contributed by atoms with Crippen molar-refractivity contribution in [1.29, 1.82) is 0 Å². The molecule has 0 bridgehead atoms. The maximum Gasteiger partial charge on any atom is 0.182 e. The molecule has 3 N–H and O–H groups in total. The van der Waals surface area contributed by atoms with E-state index < -0.39 is 9.84 Å². The van der Waals surface area contributed by atoms with E-state index in [4.69, 9.17) is 5.73 Å². The molecule has 0 saturated carbocycles. The fourth-order valence-corrected chi connectivity index (χ4v) is 4.89. The highest BCUT2D eigenvalue weighted by Gasteiger charge is 2.23. The van der Waals surface area contributed by atoms with E-state index in [1.54, 1.807) is 11.3 Å². The molecule has 0 aromatic carbocycles. The minimum atomic E-state index is -3.39. The van der Waals surface area contributed by atoms with Gasteiger partial charge in [-0.2, -0.15) is 4.37 Å². The molecule has 2 aromatic rings. The highest BCUT2D eigenvalue weighted by atomic mass is 32.2. The van der Waals surface area contributed by atoms with Crippen LogP contribution in [0.2, 0.25) is 0 Å². The summed E-state index contributed by atoms with van der Waals surface area (Å²) in [5.74, 6) is 0.0708. The molecule has 0 amide bonds. The van der Waals surface area contributed by atoms with E-state index in [0.29, 0.717) is 5.00 Å². The van der Waals surface area contributed by atoms with Crippen molar-refractivity contribution in [2.45, 2.75) is 30.7 Å². The van der Waals surface area contributed by atoms with E-state index in [2.05, 4.69) is 16.6 Å². The lowest BCUT2D eigenvalue weighted by molar-refractivity contribution is 0.602. The fourth-order valence-electron chi connectivity index (χ4n) is 1.97. The predicted octanol–water partition coefficient (Wildman–Crippen LogP) is 3.14. The van der Waals surface area contributed by atoms with Crippen molar-refractivity contribution in [2.24, 2.45) is 0 Å². The second-order valence-corrected chi connectivity index (χ2v) is 8.20. The summed E-state index contributed by atoms with van der Waals surface area (Å²) in [4.78, 5) is 1.29. The largest absolute Gasteiger partial charge is 0.382 e. The molecule has 0 spiro atoms. The Hall–Kier alpha value is -1.12. The van der Waals surface area contributed by atoms with Crippen LogP contribution in [0.4, 0.5) is 10.8 Å². The van der Waals surface area contributed by atoms with Gasteiger partial charge in [0.2, 0.25) is 0 Å². The Morgan fingerprint density at radius 3 is 2.80 bits per heavy atom. The molecule has 2 rings (SSSR count). The predicted molar refractivity (Wildman–Crippen MR) is 85.2 cm³/mol. The number of hydrogen-bond acceptors (Lipinski definition) is 7. The first-order valence-electron chi connectivity index (χ1n) is 6.18. The number of nitrogens with two attached hydrogens (primary N) is 1. The second-order valence-electron chi connectivity index (χ2n) is 4.50. The molecule has 2 heterocycles. The zero-order valence-electron chi connectivity index (χ0n) is 11.3. The SMILES string of the molecule is CCCC(Nc1snc(N)c1S(C)(=O)=O)c1cccs1. The van der Waals surface area contributed by atoms with E-state index >= 15 is 0 Å². The van der Waals surface area contributed by atoms with Crippen molar-refractivity contribution in [3.05, 3.63) is 22.4 Å². The van der Waals surface area contributed by atoms with E-state index in [0.717, 1.165) is 30.6 Å². The molecule has 8 heteroatoms. The third-order valence-electron chi connectivity index (χ3n) is 2.81. The Morgan fingerprint density at radius 1 is 1.50 bits per heavy atom. The third-order valence-corrected chi connectivity index (χ3v) is 5.88. The second kappa shape index (κ2) is 6.11. The topological polar surface area (TPSA) is 85.1 Å². The molecule has 5 nitrogen and oxygen atoms in total. The molecule has 1 atom stereocenters. The number of nitrogens with one attached hydrogen (secondary N) is 1. The number of anilines is 2. The lowest BCUT2D eigenvalue weighted by Crippen LogP contribution is -2.11. The maximum atomic E-state index is 11.8. The van der Waals surface area contributed by atoms with Gasteiger partial charge >= 0.3 is 0 Å². The third kappa shape index (κ3) is 3.31. The summed E-state index contributed by atoms with van der Waals surface area (Å²) in [7, 11) is -3.39. The standard InChI is InChI=1S/C12H17N3O2S3/c1-3-5-8(9-6-4-7-18-9)14-12-10(20(2,16)17)11(13)15-19-12/h4,6-8,14H,3,5H2,1-2H3,(H2,13,15). The fraction of sp³-hybridized carbons (Fsp3) is 0.417. The summed E-state index contributed by atoms with van der Waals surface area (Å²) in [5, 5.41) is 5.82. The summed E-state index contributed by atoms with van der Waals surface area (Å²) in [5.41, 5.74) is 5.68. The van der Waals surface area contributed by atoms with Gasteiger partial charge < -0.3 is 11.1 Å². The minimum absolute atomic E-state index is 0.0708. The lowest BCUT2D eigenvalue weighted by Gasteiger charge is -2.17. The van der Waals surface area contributed by atoms with Gasteiger partial charge in [-0.15, -0.1) is 11.3 Å². The molecular weight excluding hydrogens is 314 g/mol. The van der Waals surface area contributed by atoms with Crippen molar-refractivity contribution in [3.63, 3.8) is 0 Å². The zero-order valence-corrected chi connectivity index (χ0v) is 13.7. The van der Waals surface area contributed by atoms with Gasteiger partial charge in [0.15, 0.2) is 15.7 Å². The first-order valence-corrected chi connectivity index (χ1v) is 9.73. The number of sulfone groups is 1. The molecule has 0 saturated heterocycles. The molecular formula is C12H17N3O2S3. The quantitative estimate of drug-likeness (QED) is 0.849. The Labute approximate surface area is 126 Å². The molecule has 0 aliphatic heterocycles. The highest BCUT2D eigenvalue weighted by molar-refractivity contribution is 7.91. The van der Waals surface area contributed by atoms with Crippen molar-refractivity contribution in [1.82, 2.24) is 4.37 Å². The van der Waals surface area contributed by atoms with Crippen molar-refractivity contribution in [3.8, 4) is 0 Å². The normalized spacial score (nSPS) is 13.3. The Morgan fingerprint density at radius 2 is 2.25 bits per heavy atom. The number of aromatic nitrogens is 1. The van der Waals surface area contributed by atoms with Crippen LogP contribution in [0, 0.1) is 0 Å². The first kappa shape index (κ1) is 15.3. The van der Waals surface area contributed by atoms with Crippen molar-refractivity contribution in [2.75, 3.05) is 17.3 Å². The molecule has 0 aliphatic rings. The van der Waals surface area contributed by atoms with Crippen LogP contribution in [0.15, 0.2) is 22.4 Å². The summed E-state index contributed by atoms with van der Waals surface area (Å²) in [6.45, 7) is 2.10. The van der Waals surface area contributed by atoms with Gasteiger partial charge in [-0.25, -0.2) is 8.42 Å². The van der Waals surface area contributed by atoms with E-state index in [1.807, 2.05) is 17.5 Å². The number of nitrogens with zero attached hydrogens (tertiary/aromatic N) is 1. The van der Waals surface area contributed by atoms with Crippen molar-refractivity contribution >= 4 is 43.5 Å². The van der Waals surface area contributed by atoms with Crippen LogP contribution in [0.3, 0.4) is 0 Å². The van der Waals surface area contributed by atoms with Crippen LogP contribution in [-0.2, 0) is 9.84 Å². The number of hydrogen-bond donors (Lipinski definition) is 2. The summed E-state index contributed by atoms with van der Waals surface area (Å²) in [6, 6.07) is 4.12. The molecule has 0 radical (unpaired) electrons. The lowest BCUT2D eigenvalue weighted by atomic mass is 10.1. The van der Waals surface area contributed by atoms with Crippen molar-refractivity contribution < 1.29 is 8.42 Å². The number of nitrogen functional groups attached to an aromatic ring is 1. The van der Waals surface area contributed by atoms with Crippen LogP contribution in [0.1, 0.15) is 30.7 Å². The van der Waals surface area contributed by atoms with Gasteiger partial charge in [-0.3, -0.25) is 0 Å². The zero-order chi connectivity index (χ0) is 14.8. The summed E-state index contributed by atoms with van der Waals surface area (Å²) < 4.78 is 27.6. The van der Waals surface area contributed by atoms with Gasteiger partial charge in [0, 0.05) is 11.1 Å². The van der Waals surface area contributed by atoms with E-state index in [1.165, 1.54) is 4.88 Å². The molecule has 0 fully saturated rings. The maximum absolute atomic E-state index is 11.8. The summed E-state index contributed by atoms with van der Waals surface area (Å²) >= 11 is 2.75. The molecule has 1 unspecified atom stereocenters. The van der Waals surface area contributed by atoms with E-state index in [9.17, 15) is 8.42 Å². The average Bonchev–Trinajstić information content (AvgIpc) is 2.97. The van der Waals surface area contributed by atoms with Crippen LogP contribution >= 0.6 is 22.9 Å². The van der Waals surface area contributed by atoms with Crippen LogP contribution in [0.5, 0.6) is 0 Å². The molecule has 0 aliphatic carbocycles. The van der Waals surface area contributed by atoms with Crippen LogP contribution in [-0.4, -0.2) is 19.0 Å². The van der Waals surface area contributed by atoms with Crippen LogP contribution in [0.25, 0.3) is 0 Å². The molecule has 20 heavy (non-hydrogen) atoms.